The van der Waals surface area contributed by atoms with Crippen molar-refractivity contribution in [1.82, 2.24) is 19.5 Å². The Morgan fingerprint density at radius 1 is 1.14 bits per heavy atom. The minimum Gasteiger partial charge on any atom is -0.490 e. The molecule has 0 unspecified atom stereocenters. The molecule has 0 aliphatic carbocycles. The van der Waals surface area contributed by atoms with E-state index >= 15 is 0 Å². The van der Waals surface area contributed by atoms with Crippen LogP contribution in [-0.2, 0) is 4.74 Å². The number of nitriles is 1. The molecule has 8 heteroatoms. The van der Waals surface area contributed by atoms with Crippen molar-refractivity contribution in [2.45, 2.75) is 0 Å². The van der Waals surface area contributed by atoms with E-state index in [1.807, 2.05) is 24.4 Å². The zero-order chi connectivity index (χ0) is 20.2. The monoisotopic (exact) mass is 392 g/mol. The molecule has 0 saturated carbocycles. The topological polar surface area (TPSA) is 78.9 Å². The molecule has 1 saturated heterocycles. The van der Waals surface area contributed by atoms with E-state index in [-0.39, 0.29) is 0 Å². The molecule has 0 N–H and O–H groups in total. The Balaban J connectivity index is 1.68. The van der Waals surface area contributed by atoms with Crippen molar-refractivity contribution in [2.24, 2.45) is 0 Å². The largest absolute Gasteiger partial charge is 0.490 e. The van der Waals surface area contributed by atoms with Crippen LogP contribution in [0.4, 0.5) is 5.82 Å². The summed E-state index contributed by atoms with van der Waals surface area (Å²) in [6.07, 6.45) is 5.21. The molecule has 0 amide bonds. The lowest BCUT2D eigenvalue weighted by Crippen LogP contribution is -2.44. The van der Waals surface area contributed by atoms with Crippen LogP contribution in [-0.4, -0.2) is 73.0 Å². The molecule has 150 valence electrons. The summed E-state index contributed by atoms with van der Waals surface area (Å²) in [5, 5.41) is 13.8. The van der Waals surface area contributed by atoms with Crippen molar-refractivity contribution in [3.63, 3.8) is 0 Å². The molecule has 0 spiro atoms. The zero-order valence-corrected chi connectivity index (χ0v) is 16.7. The van der Waals surface area contributed by atoms with E-state index in [9.17, 15) is 5.26 Å². The lowest BCUT2D eigenvalue weighted by atomic mass is 10.1. The maximum absolute atomic E-state index is 9.50. The number of aromatic nitrogens is 3. The van der Waals surface area contributed by atoms with Crippen LogP contribution < -0.4 is 9.64 Å². The maximum Gasteiger partial charge on any atom is 0.138 e. The average Bonchev–Trinajstić information content (AvgIpc) is 3.17. The number of anilines is 1. The van der Waals surface area contributed by atoms with E-state index in [1.54, 1.807) is 24.0 Å². The molecule has 29 heavy (non-hydrogen) atoms. The van der Waals surface area contributed by atoms with Gasteiger partial charge in [-0.3, -0.25) is 0 Å². The number of rotatable bonds is 6. The summed E-state index contributed by atoms with van der Waals surface area (Å²) < 4.78 is 12.5. The van der Waals surface area contributed by atoms with Gasteiger partial charge in [0.25, 0.3) is 0 Å². The molecule has 0 aromatic carbocycles. The Hall–Kier alpha value is -3.15. The Labute approximate surface area is 169 Å². The predicted octanol–water partition coefficient (Wildman–Crippen LogP) is 2.04. The van der Waals surface area contributed by atoms with Crippen molar-refractivity contribution in [3.8, 4) is 22.9 Å². The normalized spacial score (nSPS) is 14.9. The van der Waals surface area contributed by atoms with Crippen molar-refractivity contribution >= 4 is 11.3 Å². The first kappa shape index (κ1) is 19.2. The number of ether oxygens (including phenoxy) is 2. The van der Waals surface area contributed by atoms with Gasteiger partial charge >= 0.3 is 0 Å². The molecular formula is C21H24N6O2. The summed E-state index contributed by atoms with van der Waals surface area (Å²) in [4.78, 5) is 9.30. The van der Waals surface area contributed by atoms with Gasteiger partial charge in [0.1, 0.15) is 24.2 Å². The second-order valence-electron chi connectivity index (χ2n) is 7.09. The fourth-order valence-electron chi connectivity index (χ4n) is 3.49. The van der Waals surface area contributed by atoms with Crippen LogP contribution in [0.5, 0.6) is 5.75 Å². The molecule has 3 aromatic rings. The summed E-state index contributed by atoms with van der Waals surface area (Å²) in [6.45, 7) is 4.94. The van der Waals surface area contributed by atoms with E-state index in [0.717, 1.165) is 48.6 Å². The van der Waals surface area contributed by atoms with Gasteiger partial charge in [-0.15, -0.1) is 0 Å². The molecular weight excluding hydrogens is 368 g/mol. The molecule has 1 fully saturated rings. The molecule has 0 bridgehead atoms. The van der Waals surface area contributed by atoms with Crippen molar-refractivity contribution in [1.29, 1.82) is 5.26 Å². The Kier molecular flexibility index (Phi) is 5.60. The summed E-state index contributed by atoms with van der Waals surface area (Å²) >= 11 is 0. The Morgan fingerprint density at radius 3 is 2.66 bits per heavy atom. The minimum absolute atomic E-state index is 0.439. The molecule has 4 rings (SSSR count). The van der Waals surface area contributed by atoms with Crippen LogP contribution in [0.15, 0.2) is 36.8 Å². The van der Waals surface area contributed by atoms with Crippen molar-refractivity contribution in [2.75, 3.05) is 58.5 Å². The first-order chi connectivity index (χ1) is 14.2. The Morgan fingerprint density at radius 2 is 1.97 bits per heavy atom. The average molecular weight is 392 g/mol. The number of pyridine rings is 2. The summed E-state index contributed by atoms with van der Waals surface area (Å²) in [5.74, 6) is 1.64. The van der Waals surface area contributed by atoms with Gasteiger partial charge in [-0.25, -0.2) is 9.50 Å². The third kappa shape index (κ3) is 4.01. The third-order valence-corrected chi connectivity index (χ3v) is 5.15. The smallest absolute Gasteiger partial charge is 0.138 e. The van der Waals surface area contributed by atoms with Crippen LogP contribution in [0.1, 0.15) is 5.56 Å². The fraction of sp³-hybridized carbons (Fsp3) is 0.381. The van der Waals surface area contributed by atoms with Crippen molar-refractivity contribution in [3.05, 3.63) is 42.4 Å². The minimum atomic E-state index is 0.439. The van der Waals surface area contributed by atoms with Gasteiger partial charge in [0, 0.05) is 50.6 Å². The first-order valence-corrected chi connectivity index (χ1v) is 9.62. The first-order valence-electron chi connectivity index (χ1n) is 9.62. The molecule has 1 aliphatic rings. The number of fused-ring (bicyclic) bond motifs is 1. The molecule has 0 atom stereocenters. The van der Waals surface area contributed by atoms with Gasteiger partial charge in [0.15, 0.2) is 0 Å². The quantitative estimate of drug-likeness (QED) is 0.594. The van der Waals surface area contributed by atoms with Gasteiger partial charge in [0.05, 0.1) is 30.1 Å². The molecule has 0 radical (unpaired) electrons. The summed E-state index contributed by atoms with van der Waals surface area (Å²) in [6, 6.07) is 8.24. The van der Waals surface area contributed by atoms with Crippen LogP contribution in [0, 0.1) is 11.3 Å². The van der Waals surface area contributed by atoms with E-state index < -0.39 is 0 Å². The highest BCUT2D eigenvalue weighted by Crippen LogP contribution is 2.31. The van der Waals surface area contributed by atoms with Crippen LogP contribution in [0.2, 0.25) is 0 Å². The SMILES string of the molecule is COCCOc1cc(-c2ccc(N3CCN(C)CC3)nc2)c2c(C#N)cnn2c1. The highest BCUT2D eigenvalue weighted by Gasteiger charge is 2.17. The highest BCUT2D eigenvalue weighted by atomic mass is 16.5. The second-order valence-corrected chi connectivity index (χ2v) is 7.09. The fourth-order valence-corrected chi connectivity index (χ4v) is 3.49. The third-order valence-electron chi connectivity index (χ3n) is 5.15. The lowest BCUT2D eigenvalue weighted by Gasteiger charge is -2.33. The number of piperazine rings is 1. The van der Waals surface area contributed by atoms with Gasteiger partial charge < -0.3 is 19.3 Å². The van der Waals surface area contributed by atoms with Gasteiger partial charge in [-0.2, -0.15) is 10.4 Å². The second kappa shape index (κ2) is 8.47. The van der Waals surface area contributed by atoms with E-state index in [0.29, 0.717) is 24.5 Å². The summed E-state index contributed by atoms with van der Waals surface area (Å²) in [5.41, 5.74) is 3.06. The number of hydrogen-bond acceptors (Lipinski definition) is 7. The standard InChI is InChI=1S/C21H24N6O2/c1-25-5-7-26(8-6-25)20-4-3-16(13-23-20)19-11-18(29-10-9-28-2)15-27-21(19)17(12-22)14-24-27/h3-4,11,13-15H,5-10H2,1-2H3. The Bertz CT molecular complexity index is 1020. The van der Waals surface area contributed by atoms with Crippen LogP contribution >= 0.6 is 0 Å². The number of nitrogens with zero attached hydrogens (tertiary/aromatic N) is 6. The molecule has 1 aliphatic heterocycles. The maximum atomic E-state index is 9.50. The molecule has 4 heterocycles. The van der Waals surface area contributed by atoms with E-state index in [1.165, 1.54) is 0 Å². The lowest BCUT2D eigenvalue weighted by molar-refractivity contribution is 0.146. The highest BCUT2D eigenvalue weighted by molar-refractivity contribution is 5.85. The van der Waals surface area contributed by atoms with Gasteiger partial charge in [0.2, 0.25) is 0 Å². The predicted molar refractivity (Wildman–Crippen MR) is 110 cm³/mol. The number of likely N-dealkylation sites (N-methyl/N-ethyl adjacent to an activating group) is 1. The molecule has 3 aromatic heterocycles. The van der Waals surface area contributed by atoms with Crippen LogP contribution in [0.3, 0.4) is 0 Å². The van der Waals surface area contributed by atoms with Crippen LogP contribution in [0.25, 0.3) is 16.6 Å². The van der Waals surface area contributed by atoms with Gasteiger partial charge in [-0.1, -0.05) is 0 Å². The van der Waals surface area contributed by atoms with Gasteiger partial charge in [-0.05, 0) is 25.2 Å². The summed E-state index contributed by atoms with van der Waals surface area (Å²) in [7, 11) is 3.78. The van der Waals surface area contributed by atoms with E-state index in [4.69, 9.17) is 9.47 Å². The molecule has 8 nitrogen and oxygen atoms in total. The van der Waals surface area contributed by atoms with Crippen molar-refractivity contribution < 1.29 is 9.47 Å². The number of methoxy groups -OCH3 is 1. The zero-order valence-electron chi connectivity index (χ0n) is 16.7. The number of hydrogen-bond donors (Lipinski definition) is 0. The van der Waals surface area contributed by atoms with E-state index in [2.05, 4.69) is 33.0 Å².